The van der Waals surface area contributed by atoms with Crippen molar-refractivity contribution >= 4 is 11.7 Å². The molecule has 2 N–H and O–H groups in total. The highest BCUT2D eigenvalue weighted by atomic mass is 19.1. The zero-order valence-corrected chi connectivity index (χ0v) is 14.6. The molecule has 5 nitrogen and oxygen atoms in total. The number of nitrogens with one attached hydrogen (secondary N) is 2. The molecule has 0 aliphatic heterocycles. The van der Waals surface area contributed by atoms with Crippen LogP contribution in [0, 0.1) is 19.7 Å². The van der Waals surface area contributed by atoms with Crippen LogP contribution >= 0.6 is 0 Å². The molecule has 0 spiro atoms. The Balaban J connectivity index is 1.74. The van der Waals surface area contributed by atoms with Gasteiger partial charge in [-0.15, -0.1) is 0 Å². The van der Waals surface area contributed by atoms with Crippen LogP contribution < -0.4 is 10.6 Å². The summed E-state index contributed by atoms with van der Waals surface area (Å²) in [5, 5.41) is 5.51. The van der Waals surface area contributed by atoms with Crippen LogP contribution in [0.5, 0.6) is 0 Å². The van der Waals surface area contributed by atoms with E-state index in [1.807, 2.05) is 37.3 Å². The first-order chi connectivity index (χ1) is 12.5. The maximum absolute atomic E-state index is 13.4. The van der Waals surface area contributed by atoms with Crippen molar-refractivity contribution in [1.29, 1.82) is 0 Å². The van der Waals surface area contributed by atoms with Crippen LogP contribution in [-0.2, 0) is 6.54 Å². The molecule has 0 aliphatic rings. The first-order valence-electron chi connectivity index (χ1n) is 8.22. The number of rotatable bonds is 4. The normalized spacial score (nSPS) is 10.4. The van der Waals surface area contributed by atoms with Gasteiger partial charge in [-0.1, -0.05) is 36.4 Å². The van der Waals surface area contributed by atoms with E-state index in [0.29, 0.717) is 17.2 Å². The van der Waals surface area contributed by atoms with E-state index in [9.17, 15) is 9.18 Å². The maximum Gasteiger partial charge on any atom is 0.319 e. The van der Waals surface area contributed by atoms with Gasteiger partial charge in [-0.25, -0.2) is 19.2 Å². The van der Waals surface area contributed by atoms with Crippen LogP contribution in [0.25, 0.3) is 11.3 Å². The lowest BCUT2D eigenvalue weighted by Crippen LogP contribution is -2.29. The largest absolute Gasteiger partial charge is 0.334 e. The Morgan fingerprint density at radius 1 is 1.12 bits per heavy atom. The molecule has 3 aromatic rings. The van der Waals surface area contributed by atoms with E-state index in [-0.39, 0.29) is 12.4 Å². The van der Waals surface area contributed by atoms with E-state index in [0.717, 1.165) is 16.7 Å². The molecule has 2 aromatic carbocycles. The van der Waals surface area contributed by atoms with E-state index in [2.05, 4.69) is 20.6 Å². The summed E-state index contributed by atoms with van der Waals surface area (Å²) in [7, 11) is 0. The van der Waals surface area contributed by atoms with Gasteiger partial charge in [0.25, 0.3) is 0 Å². The summed E-state index contributed by atoms with van der Waals surface area (Å²) < 4.78 is 13.4. The van der Waals surface area contributed by atoms with Crippen molar-refractivity contribution in [2.24, 2.45) is 0 Å². The molecule has 6 heteroatoms. The van der Waals surface area contributed by atoms with Gasteiger partial charge in [0.15, 0.2) is 0 Å². The molecule has 0 radical (unpaired) electrons. The number of carbonyl (C=O) groups excluding carboxylic acids is 1. The molecular weight excluding hydrogens is 331 g/mol. The lowest BCUT2D eigenvalue weighted by Gasteiger charge is -2.12. The lowest BCUT2D eigenvalue weighted by atomic mass is 10.1. The highest BCUT2D eigenvalue weighted by Gasteiger charge is 2.11. The third kappa shape index (κ3) is 4.22. The molecule has 1 heterocycles. The zero-order valence-electron chi connectivity index (χ0n) is 14.6. The average molecular weight is 350 g/mol. The molecule has 0 saturated heterocycles. The Bertz CT molecular complexity index is 928. The molecule has 1 aromatic heterocycles. The Morgan fingerprint density at radius 2 is 1.88 bits per heavy atom. The number of urea groups is 1. The number of hydrogen-bond donors (Lipinski definition) is 2. The summed E-state index contributed by atoms with van der Waals surface area (Å²) in [6.45, 7) is 3.89. The van der Waals surface area contributed by atoms with Crippen LogP contribution in [0.4, 0.5) is 14.9 Å². The Morgan fingerprint density at radius 3 is 2.65 bits per heavy atom. The highest BCUT2D eigenvalue weighted by molar-refractivity contribution is 5.93. The number of anilines is 1. The summed E-state index contributed by atoms with van der Waals surface area (Å²) in [5.41, 5.74) is 3.68. The number of amides is 2. The third-order valence-electron chi connectivity index (χ3n) is 3.96. The SMILES string of the molecule is Cc1ncc(NC(=O)NCc2cc(F)ccc2C)c(-c2ccccc2)n1. The number of carbonyl (C=O) groups is 1. The van der Waals surface area contributed by atoms with Crippen LogP contribution in [0.1, 0.15) is 17.0 Å². The second-order valence-corrected chi connectivity index (χ2v) is 5.92. The number of nitrogens with zero attached hydrogens (tertiary/aromatic N) is 2. The van der Waals surface area contributed by atoms with Gasteiger partial charge in [0.05, 0.1) is 17.6 Å². The minimum absolute atomic E-state index is 0.225. The highest BCUT2D eigenvalue weighted by Crippen LogP contribution is 2.25. The fourth-order valence-electron chi connectivity index (χ4n) is 2.55. The van der Waals surface area contributed by atoms with E-state index >= 15 is 0 Å². The standard InChI is InChI=1S/C20H19FN4O/c1-13-8-9-17(21)10-16(13)11-23-20(26)25-18-12-22-14(2)24-19(18)15-6-4-3-5-7-15/h3-10,12H,11H2,1-2H3,(H2,23,25,26). The molecular formula is C20H19FN4O. The smallest absolute Gasteiger partial charge is 0.319 e. The van der Waals surface area contributed by atoms with E-state index in [1.165, 1.54) is 12.1 Å². The minimum atomic E-state index is -0.404. The zero-order chi connectivity index (χ0) is 18.5. The molecule has 0 bridgehead atoms. The summed E-state index contributed by atoms with van der Waals surface area (Å²) in [4.78, 5) is 20.9. The first kappa shape index (κ1) is 17.5. The van der Waals surface area contributed by atoms with Crippen LogP contribution in [0.3, 0.4) is 0 Å². The number of aryl methyl sites for hydroxylation is 2. The molecule has 0 unspecified atom stereocenters. The second-order valence-electron chi connectivity index (χ2n) is 5.92. The monoisotopic (exact) mass is 350 g/mol. The number of hydrogen-bond acceptors (Lipinski definition) is 3. The molecule has 0 atom stereocenters. The van der Waals surface area contributed by atoms with Crippen molar-refractivity contribution in [2.45, 2.75) is 20.4 Å². The van der Waals surface area contributed by atoms with Crippen LogP contribution in [-0.4, -0.2) is 16.0 Å². The van der Waals surface area contributed by atoms with Gasteiger partial charge in [0.1, 0.15) is 11.6 Å². The van der Waals surface area contributed by atoms with Crippen LogP contribution in [0.15, 0.2) is 54.7 Å². The molecule has 2 amide bonds. The van der Waals surface area contributed by atoms with Gasteiger partial charge in [-0.3, -0.25) is 0 Å². The van der Waals surface area contributed by atoms with Gasteiger partial charge >= 0.3 is 6.03 Å². The number of halogens is 1. The minimum Gasteiger partial charge on any atom is -0.334 e. The molecule has 132 valence electrons. The van der Waals surface area contributed by atoms with Crippen LogP contribution in [0.2, 0.25) is 0 Å². The first-order valence-corrected chi connectivity index (χ1v) is 8.22. The van der Waals surface area contributed by atoms with Gasteiger partial charge in [0, 0.05) is 12.1 Å². The molecule has 0 saturated carbocycles. The van der Waals surface area contributed by atoms with Gasteiger partial charge < -0.3 is 10.6 Å². The summed E-state index contributed by atoms with van der Waals surface area (Å²) in [5.74, 6) is 0.288. The lowest BCUT2D eigenvalue weighted by molar-refractivity contribution is 0.251. The van der Waals surface area contributed by atoms with Crippen molar-refractivity contribution in [1.82, 2.24) is 15.3 Å². The molecule has 0 fully saturated rings. The Kier molecular flexibility index (Phi) is 5.22. The summed E-state index contributed by atoms with van der Waals surface area (Å²) in [6, 6.07) is 13.7. The van der Waals surface area contributed by atoms with Gasteiger partial charge in [-0.05, 0) is 37.1 Å². The number of aromatic nitrogens is 2. The predicted molar refractivity (Wildman–Crippen MR) is 99.2 cm³/mol. The summed E-state index contributed by atoms with van der Waals surface area (Å²) in [6.07, 6.45) is 1.58. The van der Waals surface area contributed by atoms with Crippen molar-refractivity contribution in [3.8, 4) is 11.3 Å². The third-order valence-corrected chi connectivity index (χ3v) is 3.96. The predicted octanol–water partition coefficient (Wildman–Crippen LogP) is 4.22. The number of benzene rings is 2. The molecule has 3 rings (SSSR count). The van der Waals surface area contributed by atoms with Crippen molar-refractivity contribution in [3.05, 3.63) is 77.5 Å². The van der Waals surface area contributed by atoms with Crippen molar-refractivity contribution in [2.75, 3.05) is 5.32 Å². The second kappa shape index (κ2) is 7.74. The Labute approximate surface area is 151 Å². The maximum atomic E-state index is 13.4. The summed E-state index contributed by atoms with van der Waals surface area (Å²) >= 11 is 0. The Hall–Kier alpha value is -3.28. The average Bonchev–Trinajstić information content (AvgIpc) is 2.64. The van der Waals surface area contributed by atoms with Crippen molar-refractivity contribution in [3.63, 3.8) is 0 Å². The quantitative estimate of drug-likeness (QED) is 0.740. The fourth-order valence-corrected chi connectivity index (χ4v) is 2.55. The topological polar surface area (TPSA) is 66.9 Å². The van der Waals surface area contributed by atoms with E-state index in [4.69, 9.17) is 0 Å². The fraction of sp³-hybridized carbons (Fsp3) is 0.150. The van der Waals surface area contributed by atoms with E-state index < -0.39 is 6.03 Å². The molecule has 26 heavy (non-hydrogen) atoms. The van der Waals surface area contributed by atoms with Crippen molar-refractivity contribution < 1.29 is 9.18 Å². The van der Waals surface area contributed by atoms with E-state index in [1.54, 1.807) is 19.2 Å². The molecule has 0 aliphatic carbocycles. The van der Waals surface area contributed by atoms with Gasteiger partial charge in [-0.2, -0.15) is 0 Å². The van der Waals surface area contributed by atoms with Gasteiger partial charge in [0.2, 0.25) is 0 Å².